The van der Waals surface area contributed by atoms with E-state index in [-0.39, 0.29) is 12.5 Å². The molecule has 3 rings (SSSR count). The number of hydrogen-bond acceptors (Lipinski definition) is 5. The van der Waals surface area contributed by atoms with Gasteiger partial charge < -0.3 is 14.6 Å². The molecule has 0 unspecified atom stereocenters. The Bertz CT molecular complexity index is 874. The molecule has 6 nitrogen and oxygen atoms in total. The smallest absolute Gasteiger partial charge is 0.255 e. The van der Waals surface area contributed by atoms with Crippen LogP contribution in [-0.4, -0.2) is 22.7 Å². The molecule has 0 bridgehead atoms. The Morgan fingerprint density at radius 1 is 1.20 bits per heavy atom. The Balaban J connectivity index is 1.67. The molecule has 3 aromatic rings. The summed E-state index contributed by atoms with van der Waals surface area (Å²) < 4.78 is 10.7. The van der Waals surface area contributed by atoms with E-state index in [0.717, 1.165) is 11.1 Å². The van der Waals surface area contributed by atoms with E-state index in [1.165, 1.54) is 0 Å². The number of amides is 1. The van der Waals surface area contributed by atoms with Gasteiger partial charge in [0.2, 0.25) is 11.7 Å². The van der Waals surface area contributed by atoms with Gasteiger partial charge in [-0.25, -0.2) is 0 Å². The lowest BCUT2D eigenvalue weighted by molar-refractivity contribution is 0.0942. The number of rotatable bonds is 6. The van der Waals surface area contributed by atoms with E-state index in [1.54, 1.807) is 18.2 Å². The summed E-state index contributed by atoms with van der Waals surface area (Å²) in [6, 6.07) is 14.9. The number of ether oxygens (including phenoxy) is 1. The van der Waals surface area contributed by atoms with Crippen LogP contribution in [0.5, 0.6) is 5.75 Å². The van der Waals surface area contributed by atoms with Crippen LogP contribution in [0.3, 0.4) is 0 Å². The predicted octanol–water partition coefficient (Wildman–Crippen LogP) is 3.37. The van der Waals surface area contributed by atoms with Gasteiger partial charge in [-0.1, -0.05) is 41.1 Å². The second-order valence-electron chi connectivity index (χ2n) is 5.49. The van der Waals surface area contributed by atoms with Crippen molar-refractivity contribution >= 4 is 5.91 Å². The summed E-state index contributed by atoms with van der Waals surface area (Å²) in [6.07, 6.45) is 0. The first-order chi connectivity index (χ1) is 12.2. The van der Waals surface area contributed by atoms with Crippen molar-refractivity contribution in [3.05, 3.63) is 65.5 Å². The Morgan fingerprint density at radius 2 is 2.04 bits per heavy atom. The molecule has 25 heavy (non-hydrogen) atoms. The van der Waals surface area contributed by atoms with Crippen molar-refractivity contribution in [1.82, 2.24) is 15.5 Å². The molecule has 1 amide bonds. The third-order valence-corrected chi connectivity index (χ3v) is 3.58. The lowest BCUT2D eigenvalue weighted by Crippen LogP contribution is -2.23. The van der Waals surface area contributed by atoms with Crippen molar-refractivity contribution in [2.75, 3.05) is 6.61 Å². The molecule has 0 fully saturated rings. The molecule has 0 aliphatic rings. The molecule has 6 heteroatoms. The first-order valence-electron chi connectivity index (χ1n) is 8.07. The number of nitrogens with one attached hydrogen (secondary N) is 1. The number of hydrogen-bond donors (Lipinski definition) is 1. The van der Waals surface area contributed by atoms with Crippen LogP contribution in [0.15, 0.2) is 53.1 Å². The van der Waals surface area contributed by atoms with Gasteiger partial charge in [0, 0.05) is 5.56 Å². The van der Waals surface area contributed by atoms with Crippen LogP contribution in [0.1, 0.15) is 28.7 Å². The van der Waals surface area contributed by atoms with Crippen LogP contribution in [-0.2, 0) is 6.54 Å². The minimum atomic E-state index is -0.251. The van der Waals surface area contributed by atoms with Gasteiger partial charge in [0.05, 0.1) is 18.7 Å². The summed E-state index contributed by atoms with van der Waals surface area (Å²) >= 11 is 0. The Hall–Kier alpha value is -3.15. The van der Waals surface area contributed by atoms with E-state index in [2.05, 4.69) is 15.5 Å². The molecule has 128 valence electrons. The molecule has 2 aromatic carbocycles. The SMILES string of the molecule is CCOc1ccccc1C(=O)NCc1nc(-c2cccc(C)c2)no1. The standard InChI is InChI=1S/C19H19N3O3/c1-3-24-16-10-5-4-9-15(16)19(23)20-12-17-21-18(22-25-17)14-8-6-7-13(2)11-14/h4-11H,3,12H2,1-2H3,(H,20,23). The van der Waals surface area contributed by atoms with Crippen LogP contribution in [0.4, 0.5) is 0 Å². The minimum absolute atomic E-state index is 0.151. The van der Waals surface area contributed by atoms with Crippen molar-refractivity contribution in [2.24, 2.45) is 0 Å². The topological polar surface area (TPSA) is 77.2 Å². The van der Waals surface area contributed by atoms with Gasteiger partial charge in [0.1, 0.15) is 5.75 Å². The van der Waals surface area contributed by atoms with Gasteiger partial charge in [0.25, 0.3) is 5.91 Å². The fourth-order valence-corrected chi connectivity index (χ4v) is 2.41. The van der Waals surface area contributed by atoms with Gasteiger partial charge in [-0.2, -0.15) is 4.98 Å². The van der Waals surface area contributed by atoms with Gasteiger partial charge in [-0.05, 0) is 32.0 Å². The third kappa shape index (κ3) is 4.03. The summed E-state index contributed by atoms with van der Waals surface area (Å²) in [4.78, 5) is 16.7. The van der Waals surface area contributed by atoms with Crippen molar-refractivity contribution in [2.45, 2.75) is 20.4 Å². The summed E-state index contributed by atoms with van der Waals surface area (Å²) in [5.41, 5.74) is 2.47. The highest BCUT2D eigenvalue weighted by molar-refractivity contribution is 5.96. The number of nitrogens with zero attached hydrogens (tertiary/aromatic N) is 2. The number of carbonyl (C=O) groups excluding carboxylic acids is 1. The molecule has 0 aliphatic heterocycles. The maximum atomic E-state index is 12.4. The zero-order chi connectivity index (χ0) is 17.6. The van der Waals surface area contributed by atoms with E-state index in [1.807, 2.05) is 44.2 Å². The quantitative estimate of drug-likeness (QED) is 0.746. The molecule has 1 heterocycles. The third-order valence-electron chi connectivity index (χ3n) is 3.58. The minimum Gasteiger partial charge on any atom is -0.493 e. The lowest BCUT2D eigenvalue weighted by Gasteiger charge is -2.09. The Morgan fingerprint density at radius 3 is 2.84 bits per heavy atom. The monoisotopic (exact) mass is 337 g/mol. The Kier molecular flexibility index (Phi) is 5.09. The van der Waals surface area contributed by atoms with Crippen LogP contribution in [0.2, 0.25) is 0 Å². The van der Waals surface area contributed by atoms with Crippen molar-refractivity contribution in [3.63, 3.8) is 0 Å². The highest BCUT2D eigenvalue weighted by atomic mass is 16.5. The molecular weight excluding hydrogens is 318 g/mol. The van der Waals surface area contributed by atoms with Crippen LogP contribution in [0.25, 0.3) is 11.4 Å². The molecule has 1 aromatic heterocycles. The maximum absolute atomic E-state index is 12.4. The van der Waals surface area contributed by atoms with Crippen molar-refractivity contribution in [3.8, 4) is 17.1 Å². The van der Waals surface area contributed by atoms with Crippen LogP contribution < -0.4 is 10.1 Å². The summed E-state index contributed by atoms with van der Waals surface area (Å²) in [5.74, 6) is 1.15. The van der Waals surface area contributed by atoms with E-state index in [9.17, 15) is 4.79 Å². The van der Waals surface area contributed by atoms with E-state index < -0.39 is 0 Å². The molecule has 0 aliphatic carbocycles. The lowest BCUT2D eigenvalue weighted by atomic mass is 10.1. The molecule has 0 spiro atoms. The second kappa shape index (κ2) is 7.61. The summed E-state index contributed by atoms with van der Waals surface area (Å²) in [7, 11) is 0. The molecule has 0 saturated heterocycles. The van der Waals surface area contributed by atoms with Crippen molar-refractivity contribution < 1.29 is 14.1 Å². The molecular formula is C19H19N3O3. The highest BCUT2D eigenvalue weighted by Gasteiger charge is 2.14. The number of aromatic nitrogens is 2. The zero-order valence-electron chi connectivity index (χ0n) is 14.2. The largest absolute Gasteiger partial charge is 0.493 e. The fraction of sp³-hybridized carbons (Fsp3) is 0.211. The first-order valence-corrected chi connectivity index (χ1v) is 8.07. The molecule has 0 radical (unpaired) electrons. The predicted molar refractivity (Wildman–Crippen MR) is 93.3 cm³/mol. The molecule has 0 saturated carbocycles. The number of carbonyl (C=O) groups is 1. The van der Waals surface area contributed by atoms with Crippen molar-refractivity contribution in [1.29, 1.82) is 0 Å². The van der Waals surface area contributed by atoms with Gasteiger partial charge in [-0.3, -0.25) is 4.79 Å². The average Bonchev–Trinajstić information content (AvgIpc) is 3.09. The van der Waals surface area contributed by atoms with Gasteiger partial charge >= 0.3 is 0 Å². The molecule has 0 atom stereocenters. The van der Waals surface area contributed by atoms with E-state index in [4.69, 9.17) is 9.26 Å². The number of aryl methyl sites for hydroxylation is 1. The average molecular weight is 337 g/mol. The Labute approximate surface area is 145 Å². The highest BCUT2D eigenvalue weighted by Crippen LogP contribution is 2.19. The van der Waals surface area contributed by atoms with E-state index >= 15 is 0 Å². The van der Waals surface area contributed by atoms with Crippen LogP contribution >= 0.6 is 0 Å². The fourth-order valence-electron chi connectivity index (χ4n) is 2.41. The van der Waals surface area contributed by atoms with Gasteiger partial charge in [-0.15, -0.1) is 0 Å². The number of benzene rings is 2. The maximum Gasteiger partial charge on any atom is 0.255 e. The van der Waals surface area contributed by atoms with Gasteiger partial charge in [0.15, 0.2) is 0 Å². The summed E-state index contributed by atoms with van der Waals surface area (Å²) in [6.45, 7) is 4.52. The van der Waals surface area contributed by atoms with Crippen LogP contribution in [0, 0.1) is 6.92 Å². The first kappa shape index (κ1) is 16.7. The molecule has 1 N–H and O–H groups in total. The number of para-hydroxylation sites is 1. The zero-order valence-corrected chi connectivity index (χ0v) is 14.2. The normalized spacial score (nSPS) is 10.5. The second-order valence-corrected chi connectivity index (χ2v) is 5.49. The summed E-state index contributed by atoms with van der Waals surface area (Å²) in [5, 5.41) is 6.74. The van der Waals surface area contributed by atoms with E-state index in [0.29, 0.717) is 29.6 Å².